The van der Waals surface area contributed by atoms with Crippen LogP contribution in [0.5, 0.6) is 0 Å². The minimum absolute atomic E-state index is 0.586. The highest BCUT2D eigenvalue weighted by Crippen LogP contribution is 2.35. The first-order valence-electron chi connectivity index (χ1n) is 6.09. The van der Waals surface area contributed by atoms with Gasteiger partial charge in [0.15, 0.2) is 0 Å². The fourth-order valence-electron chi connectivity index (χ4n) is 1.78. The summed E-state index contributed by atoms with van der Waals surface area (Å²) < 4.78 is 1.90. The maximum absolute atomic E-state index is 11.2. The number of carboxylic acid groups (broad SMARTS) is 1. The largest absolute Gasteiger partial charge is 0.481 e. The van der Waals surface area contributed by atoms with Crippen molar-refractivity contribution in [3.8, 4) is 0 Å². The molecule has 0 aliphatic carbocycles. The second-order valence-electron chi connectivity index (χ2n) is 4.53. The van der Waals surface area contributed by atoms with Gasteiger partial charge in [0, 0.05) is 17.0 Å². The number of carbonyl (C=O) groups is 1. The molecule has 0 saturated heterocycles. The number of carboxylic acids is 1. The molecule has 0 aliphatic rings. The molecule has 2 aromatic rings. The molecule has 0 aliphatic heterocycles. The lowest BCUT2D eigenvalue weighted by atomic mass is 10.1. The van der Waals surface area contributed by atoms with Crippen molar-refractivity contribution < 1.29 is 9.90 Å². The number of halogens is 1. The minimum Gasteiger partial charge on any atom is -0.481 e. The molecule has 20 heavy (non-hydrogen) atoms. The van der Waals surface area contributed by atoms with Crippen LogP contribution >= 0.6 is 23.4 Å². The normalized spacial score (nSPS) is 12.4. The Bertz CT molecular complexity index is 655. The van der Waals surface area contributed by atoms with Crippen molar-refractivity contribution in [2.24, 2.45) is 7.05 Å². The third-order valence-electron chi connectivity index (χ3n) is 3.08. The van der Waals surface area contributed by atoms with Crippen LogP contribution < -0.4 is 0 Å². The first kappa shape index (κ1) is 14.9. The summed E-state index contributed by atoms with van der Waals surface area (Å²) in [6.07, 6.45) is 0. The molecular formula is C14H15ClN2O2S. The number of nitrogens with zero attached hydrogens (tertiary/aromatic N) is 2. The lowest BCUT2D eigenvalue weighted by Crippen LogP contribution is -2.09. The molecule has 0 radical (unpaired) electrons. The maximum Gasteiger partial charge on any atom is 0.312 e. The lowest BCUT2D eigenvalue weighted by Gasteiger charge is -2.09. The third kappa shape index (κ3) is 2.99. The van der Waals surface area contributed by atoms with Gasteiger partial charge in [0.2, 0.25) is 0 Å². The lowest BCUT2D eigenvalue weighted by molar-refractivity contribution is -0.138. The van der Waals surface area contributed by atoms with Crippen molar-refractivity contribution in [3.63, 3.8) is 0 Å². The highest BCUT2D eigenvalue weighted by atomic mass is 35.5. The van der Waals surface area contributed by atoms with E-state index in [1.807, 2.05) is 36.7 Å². The van der Waals surface area contributed by atoms with E-state index in [4.69, 9.17) is 11.6 Å². The van der Waals surface area contributed by atoms with Crippen LogP contribution in [-0.2, 0) is 11.8 Å². The van der Waals surface area contributed by atoms with Gasteiger partial charge in [0.25, 0.3) is 0 Å². The van der Waals surface area contributed by atoms with Gasteiger partial charge in [-0.25, -0.2) is 4.98 Å². The second-order valence-corrected chi connectivity index (χ2v) is 6.03. The van der Waals surface area contributed by atoms with Crippen LogP contribution in [0.25, 0.3) is 0 Å². The van der Waals surface area contributed by atoms with Crippen LogP contribution in [0.3, 0.4) is 0 Å². The monoisotopic (exact) mass is 310 g/mol. The Morgan fingerprint density at radius 3 is 2.80 bits per heavy atom. The van der Waals surface area contributed by atoms with Crippen molar-refractivity contribution in [3.05, 3.63) is 40.8 Å². The summed E-state index contributed by atoms with van der Waals surface area (Å²) in [7, 11) is 1.88. The van der Waals surface area contributed by atoms with Gasteiger partial charge in [0.05, 0.1) is 11.6 Å². The Balaban J connectivity index is 2.42. The third-order valence-corrected chi connectivity index (χ3v) is 4.48. The standard InChI is InChI=1S/C14H15ClN2O2S/c1-8(14(18)19)12-13(17(3)9(2)16-12)20-11-6-4-5-10(15)7-11/h4-8H,1-3H3,(H,18,19)/t8-/m0/s1. The molecule has 1 aromatic carbocycles. The molecule has 2 rings (SSSR count). The Hall–Kier alpha value is -1.46. The Morgan fingerprint density at radius 2 is 2.20 bits per heavy atom. The van der Waals surface area contributed by atoms with Crippen molar-refractivity contribution in [2.75, 3.05) is 0 Å². The van der Waals surface area contributed by atoms with E-state index in [2.05, 4.69) is 4.98 Å². The smallest absolute Gasteiger partial charge is 0.312 e. The zero-order chi connectivity index (χ0) is 14.9. The van der Waals surface area contributed by atoms with Gasteiger partial charge in [-0.05, 0) is 32.0 Å². The maximum atomic E-state index is 11.2. The van der Waals surface area contributed by atoms with Gasteiger partial charge in [0.1, 0.15) is 10.9 Å². The minimum atomic E-state index is -0.879. The molecule has 1 heterocycles. The Labute approximate surface area is 126 Å². The van der Waals surface area contributed by atoms with E-state index in [1.54, 1.807) is 13.0 Å². The quantitative estimate of drug-likeness (QED) is 0.935. The van der Waals surface area contributed by atoms with Crippen LogP contribution in [0.2, 0.25) is 5.02 Å². The number of imidazole rings is 1. The fraction of sp³-hybridized carbons (Fsp3) is 0.286. The van der Waals surface area contributed by atoms with Gasteiger partial charge >= 0.3 is 5.97 Å². The molecule has 1 aromatic heterocycles. The first-order valence-corrected chi connectivity index (χ1v) is 7.29. The number of aromatic nitrogens is 2. The predicted molar refractivity (Wildman–Crippen MR) is 79.6 cm³/mol. The van der Waals surface area contributed by atoms with E-state index < -0.39 is 11.9 Å². The van der Waals surface area contributed by atoms with E-state index in [0.29, 0.717) is 10.7 Å². The zero-order valence-electron chi connectivity index (χ0n) is 11.4. The first-order chi connectivity index (χ1) is 9.40. The Morgan fingerprint density at radius 1 is 1.50 bits per heavy atom. The second kappa shape index (κ2) is 5.89. The molecular weight excluding hydrogens is 296 g/mol. The van der Waals surface area contributed by atoms with E-state index >= 15 is 0 Å². The molecule has 4 nitrogen and oxygen atoms in total. The number of hydrogen-bond donors (Lipinski definition) is 1. The van der Waals surface area contributed by atoms with Crippen molar-refractivity contribution in [2.45, 2.75) is 29.7 Å². The van der Waals surface area contributed by atoms with Crippen LogP contribution in [-0.4, -0.2) is 20.6 Å². The van der Waals surface area contributed by atoms with Crippen LogP contribution in [0.15, 0.2) is 34.2 Å². The van der Waals surface area contributed by atoms with E-state index in [0.717, 1.165) is 15.7 Å². The summed E-state index contributed by atoms with van der Waals surface area (Å²) in [5.41, 5.74) is 0.586. The molecule has 0 fully saturated rings. The Kier molecular flexibility index (Phi) is 4.40. The molecule has 1 atom stereocenters. The van der Waals surface area contributed by atoms with Gasteiger partial charge in [-0.2, -0.15) is 0 Å². The number of aryl methyl sites for hydroxylation is 1. The number of benzene rings is 1. The summed E-state index contributed by atoms with van der Waals surface area (Å²) in [5, 5.41) is 10.7. The molecule has 0 spiro atoms. The summed E-state index contributed by atoms with van der Waals surface area (Å²) in [4.78, 5) is 16.5. The number of aliphatic carboxylic acids is 1. The van der Waals surface area contributed by atoms with E-state index in [1.165, 1.54) is 11.8 Å². The zero-order valence-corrected chi connectivity index (χ0v) is 13.0. The molecule has 0 unspecified atom stereocenters. The molecule has 106 valence electrons. The van der Waals surface area contributed by atoms with Gasteiger partial charge in [-0.1, -0.05) is 29.4 Å². The molecule has 1 N–H and O–H groups in total. The van der Waals surface area contributed by atoms with Crippen LogP contribution in [0.1, 0.15) is 24.4 Å². The van der Waals surface area contributed by atoms with Crippen molar-refractivity contribution in [1.82, 2.24) is 9.55 Å². The average molecular weight is 311 g/mol. The number of hydrogen-bond acceptors (Lipinski definition) is 3. The van der Waals surface area contributed by atoms with E-state index in [-0.39, 0.29) is 0 Å². The van der Waals surface area contributed by atoms with Crippen molar-refractivity contribution >= 4 is 29.3 Å². The van der Waals surface area contributed by atoms with Gasteiger partial charge in [-0.15, -0.1) is 0 Å². The summed E-state index contributed by atoms with van der Waals surface area (Å²) in [6.45, 7) is 3.51. The molecule has 0 bridgehead atoms. The summed E-state index contributed by atoms with van der Waals surface area (Å²) >= 11 is 7.45. The van der Waals surface area contributed by atoms with Crippen LogP contribution in [0.4, 0.5) is 0 Å². The van der Waals surface area contributed by atoms with Gasteiger partial charge in [-0.3, -0.25) is 4.79 Å². The molecule has 0 saturated carbocycles. The van der Waals surface area contributed by atoms with Crippen molar-refractivity contribution in [1.29, 1.82) is 0 Å². The van der Waals surface area contributed by atoms with Gasteiger partial charge < -0.3 is 9.67 Å². The summed E-state index contributed by atoms with van der Waals surface area (Å²) in [5.74, 6) is -0.731. The molecule has 0 amide bonds. The summed E-state index contributed by atoms with van der Waals surface area (Å²) in [6, 6.07) is 7.47. The highest BCUT2D eigenvalue weighted by Gasteiger charge is 2.23. The topological polar surface area (TPSA) is 55.1 Å². The van der Waals surface area contributed by atoms with Crippen LogP contribution in [0, 0.1) is 6.92 Å². The average Bonchev–Trinajstić information content (AvgIpc) is 2.66. The fourth-order valence-corrected chi connectivity index (χ4v) is 3.18. The molecule has 6 heteroatoms. The SMILES string of the molecule is Cc1nc([C@H](C)C(=O)O)c(Sc2cccc(Cl)c2)n1C. The predicted octanol–water partition coefficient (Wildman–Crippen LogP) is 3.72. The van der Waals surface area contributed by atoms with E-state index in [9.17, 15) is 9.90 Å². The number of rotatable bonds is 4. The highest BCUT2D eigenvalue weighted by molar-refractivity contribution is 7.99.